The number of amides is 2. The summed E-state index contributed by atoms with van der Waals surface area (Å²) in [6, 6.07) is 9.09. The van der Waals surface area contributed by atoms with Gasteiger partial charge in [0.2, 0.25) is 5.91 Å². The summed E-state index contributed by atoms with van der Waals surface area (Å²) in [5, 5.41) is 11.9. The minimum Gasteiger partial charge on any atom is -0.479 e. The van der Waals surface area contributed by atoms with Crippen LogP contribution in [0.2, 0.25) is 0 Å². The van der Waals surface area contributed by atoms with E-state index in [-0.39, 0.29) is 17.0 Å². The number of halogens is 1. The molecule has 1 fully saturated rings. The van der Waals surface area contributed by atoms with Crippen molar-refractivity contribution in [2.75, 3.05) is 11.4 Å². The van der Waals surface area contributed by atoms with Crippen LogP contribution in [0.3, 0.4) is 0 Å². The molecule has 0 aromatic heterocycles. The number of carboxylic acid groups (broad SMARTS) is 1. The van der Waals surface area contributed by atoms with Crippen molar-refractivity contribution < 1.29 is 23.9 Å². The van der Waals surface area contributed by atoms with Crippen LogP contribution in [0, 0.1) is 12.7 Å². The van der Waals surface area contributed by atoms with Gasteiger partial charge >= 0.3 is 5.97 Å². The molecular formula is C20H19FN2O4. The Morgan fingerprint density at radius 1 is 1.22 bits per heavy atom. The van der Waals surface area contributed by atoms with Crippen LogP contribution in [0.4, 0.5) is 10.1 Å². The first-order chi connectivity index (χ1) is 12.9. The number of hydrogen-bond donors (Lipinski definition) is 2. The second-order valence-corrected chi connectivity index (χ2v) is 6.45. The first-order valence-corrected chi connectivity index (χ1v) is 8.57. The number of carbonyl (C=O) groups is 3. The van der Waals surface area contributed by atoms with Gasteiger partial charge in [-0.15, -0.1) is 0 Å². The van der Waals surface area contributed by atoms with Crippen LogP contribution in [0.15, 0.2) is 42.5 Å². The highest BCUT2D eigenvalue weighted by atomic mass is 19.1. The molecule has 2 amide bonds. The van der Waals surface area contributed by atoms with E-state index in [1.807, 2.05) is 0 Å². The number of carboxylic acids is 1. The zero-order valence-corrected chi connectivity index (χ0v) is 14.7. The summed E-state index contributed by atoms with van der Waals surface area (Å²) in [5.74, 6) is -2.28. The number of carbonyl (C=O) groups excluding carboxylic acids is 2. The van der Waals surface area contributed by atoms with Crippen LogP contribution in [-0.2, 0) is 9.59 Å². The molecule has 1 aliphatic heterocycles. The second kappa shape index (κ2) is 7.57. The van der Waals surface area contributed by atoms with E-state index in [1.54, 1.807) is 29.2 Å². The quantitative estimate of drug-likeness (QED) is 0.847. The molecule has 1 atom stereocenters. The molecule has 1 heterocycles. The Kier molecular flexibility index (Phi) is 5.21. The van der Waals surface area contributed by atoms with Crippen LogP contribution in [0.25, 0.3) is 0 Å². The lowest BCUT2D eigenvalue weighted by atomic mass is 10.0. The molecule has 140 valence electrons. The van der Waals surface area contributed by atoms with Crippen molar-refractivity contribution in [1.82, 2.24) is 5.32 Å². The second-order valence-electron chi connectivity index (χ2n) is 6.45. The summed E-state index contributed by atoms with van der Waals surface area (Å²) >= 11 is 0. The number of aryl methyl sites for hydroxylation is 1. The zero-order chi connectivity index (χ0) is 19.6. The molecule has 0 aliphatic carbocycles. The number of anilines is 1. The molecule has 7 heteroatoms. The van der Waals surface area contributed by atoms with Gasteiger partial charge in [0.05, 0.1) is 0 Å². The van der Waals surface area contributed by atoms with Crippen LogP contribution in [0.1, 0.15) is 40.4 Å². The van der Waals surface area contributed by atoms with E-state index in [0.29, 0.717) is 24.2 Å². The Morgan fingerprint density at radius 2 is 2.00 bits per heavy atom. The predicted octanol–water partition coefficient (Wildman–Crippen LogP) is 2.82. The third-order valence-corrected chi connectivity index (χ3v) is 4.53. The Balaban J connectivity index is 1.83. The summed E-state index contributed by atoms with van der Waals surface area (Å²) in [7, 11) is 0. The maximum Gasteiger partial charge on any atom is 0.330 e. The van der Waals surface area contributed by atoms with Gasteiger partial charge in [0, 0.05) is 24.2 Å². The first-order valence-electron chi connectivity index (χ1n) is 8.57. The van der Waals surface area contributed by atoms with Crippen molar-refractivity contribution in [3.63, 3.8) is 0 Å². The standard InChI is InChI=1S/C20H19FN2O4/c1-12-10-13(7-8-16(12)21)18(20(26)27)22-19(25)14-4-2-5-15(11-14)23-9-3-6-17(23)24/h2,4-5,7-8,10-11,18H,3,6,9H2,1H3,(H,22,25)(H,26,27). The van der Waals surface area contributed by atoms with E-state index < -0.39 is 23.7 Å². The molecule has 0 bridgehead atoms. The van der Waals surface area contributed by atoms with Crippen molar-refractivity contribution in [1.29, 1.82) is 0 Å². The van der Waals surface area contributed by atoms with E-state index in [2.05, 4.69) is 5.32 Å². The van der Waals surface area contributed by atoms with Crippen molar-refractivity contribution in [3.05, 3.63) is 65.0 Å². The van der Waals surface area contributed by atoms with Crippen molar-refractivity contribution >= 4 is 23.5 Å². The van der Waals surface area contributed by atoms with Crippen molar-refractivity contribution in [3.8, 4) is 0 Å². The summed E-state index contributed by atoms with van der Waals surface area (Å²) in [6.45, 7) is 2.12. The van der Waals surface area contributed by atoms with E-state index in [4.69, 9.17) is 0 Å². The fourth-order valence-corrected chi connectivity index (χ4v) is 3.09. The van der Waals surface area contributed by atoms with E-state index in [0.717, 1.165) is 6.42 Å². The summed E-state index contributed by atoms with van der Waals surface area (Å²) in [4.78, 5) is 37.7. The summed E-state index contributed by atoms with van der Waals surface area (Å²) in [5.41, 5.74) is 1.43. The summed E-state index contributed by atoms with van der Waals surface area (Å²) < 4.78 is 13.4. The Morgan fingerprint density at radius 3 is 2.63 bits per heavy atom. The van der Waals surface area contributed by atoms with E-state index in [1.165, 1.54) is 25.1 Å². The predicted molar refractivity (Wildman–Crippen MR) is 97.0 cm³/mol. The summed E-state index contributed by atoms with van der Waals surface area (Å²) in [6.07, 6.45) is 1.24. The fourth-order valence-electron chi connectivity index (χ4n) is 3.09. The molecule has 1 aliphatic rings. The van der Waals surface area contributed by atoms with Gasteiger partial charge in [0.25, 0.3) is 5.91 Å². The molecule has 3 rings (SSSR count). The molecule has 27 heavy (non-hydrogen) atoms. The van der Waals surface area contributed by atoms with Gasteiger partial charge in [0.1, 0.15) is 5.82 Å². The van der Waals surface area contributed by atoms with Gasteiger partial charge in [-0.2, -0.15) is 0 Å². The zero-order valence-electron chi connectivity index (χ0n) is 14.7. The maximum atomic E-state index is 13.4. The number of aliphatic carboxylic acids is 1. The van der Waals surface area contributed by atoms with Gasteiger partial charge in [-0.25, -0.2) is 9.18 Å². The first kappa shape index (κ1) is 18.6. The number of nitrogens with one attached hydrogen (secondary N) is 1. The minimum absolute atomic E-state index is 0.00208. The van der Waals surface area contributed by atoms with Gasteiger partial charge in [-0.05, 0) is 48.7 Å². The molecule has 0 radical (unpaired) electrons. The number of nitrogens with zero attached hydrogens (tertiary/aromatic N) is 1. The highest BCUT2D eigenvalue weighted by Gasteiger charge is 2.25. The monoisotopic (exact) mass is 370 g/mol. The normalized spacial score (nSPS) is 14.9. The molecule has 0 spiro atoms. The lowest BCUT2D eigenvalue weighted by molar-refractivity contribution is -0.139. The van der Waals surface area contributed by atoms with E-state index in [9.17, 15) is 23.9 Å². The molecule has 1 saturated heterocycles. The molecular weight excluding hydrogens is 351 g/mol. The Hall–Kier alpha value is -3.22. The highest BCUT2D eigenvalue weighted by molar-refractivity contribution is 6.00. The molecule has 0 saturated carbocycles. The molecule has 6 nitrogen and oxygen atoms in total. The number of rotatable bonds is 5. The van der Waals surface area contributed by atoms with E-state index >= 15 is 0 Å². The third-order valence-electron chi connectivity index (χ3n) is 4.53. The van der Waals surface area contributed by atoms with Crippen LogP contribution < -0.4 is 10.2 Å². The Labute approximate surface area is 155 Å². The third kappa shape index (κ3) is 3.97. The van der Waals surface area contributed by atoms with Gasteiger partial charge < -0.3 is 15.3 Å². The highest BCUT2D eigenvalue weighted by Crippen LogP contribution is 2.23. The lowest BCUT2D eigenvalue weighted by Gasteiger charge is -2.18. The van der Waals surface area contributed by atoms with Gasteiger partial charge in [0.15, 0.2) is 6.04 Å². The average Bonchev–Trinajstić information content (AvgIpc) is 3.08. The molecule has 1 unspecified atom stereocenters. The number of hydrogen-bond acceptors (Lipinski definition) is 3. The maximum absolute atomic E-state index is 13.4. The molecule has 2 N–H and O–H groups in total. The SMILES string of the molecule is Cc1cc(C(NC(=O)c2cccc(N3CCCC3=O)c2)C(=O)O)ccc1F. The Bertz CT molecular complexity index is 913. The van der Waals surface area contributed by atoms with Crippen LogP contribution >= 0.6 is 0 Å². The van der Waals surface area contributed by atoms with Crippen LogP contribution in [-0.4, -0.2) is 29.4 Å². The van der Waals surface area contributed by atoms with Gasteiger partial charge in [-0.3, -0.25) is 9.59 Å². The topological polar surface area (TPSA) is 86.7 Å². The smallest absolute Gasteiger partial charge is 0.330 e. The average molecular weight is 370 g/mol. The largest absolute Gasteiger partial charge is 0.479 e. The lowest BCUT2D eigenvalue weighted by Crippen LogP contribution is -2.34. The fraction of sp³-hybridized carbons (Fsp3) is 0.250. The number of benzene rings is 2. The van der Waals surface area contributed by atoms with Crippen LogP contribution in [0.5, 0.6) is 0 Å². The van der Waals surface area contributed by atoms with Crippen molar-refractivity contribution in [2.24, 2.45) is 0 Å². The van der Waals surface area contributed by atoms with Crippen molar-refractivity contribution in [2.45, 2.75) is 25.8 Å². The van der Waals surface area contributed by atoms with Gasteiger partial charge in [-0.1, -0.05) is 18.2 Å². The molecule has 2 aromatic rings. The minimum atomic E-state index is -1.31. The molecule has 2 aromatic carbocycles.